The van der Waals surface area contributed by atoms with Gasteiger partial charge >= 0.3 is 11.9 Å². The van der Waals surface area contributed by atoms with Crippen molar-refractivity contribution < 1.29 is 27.5 Å². The van der Waals surface area contributed by atoms with Gasteiger partial charge in [-0.3, -0.25) is 4.31 Å². The summed E-state index contributed by atoms with van der Waals surface area (Å²) in [5, 5.41) is 0. The Bertz CT molecular complexity index is 606. The lowest BCUT2D eigenvalue weighted by Crippen LogP contribution is -2.26. The Kier molecular flexibility index (Phi) is 4.66. The average molecular weight is 302 g/mol. The second-order valence-corrected chi connectivity index (χ2v) is 5.82. The fourth-order valence-corrected chi connectivity index (χ4v) is 1.80. The molecular formula is C11H14N2O6S. The second-order valence-electron chi connectivity index (χ2n) is 3.81. The Hall–Kier alpha value is -2.16. The van der Waals surface area contributed by atoms with Gasteiger partial charge in [-0.05, 0) is 12.1 Å². The monoisotopic (exact) mass is 302 g/mol. The maximum absolute atomic E-state index is 11.5. The van der Waals surface area contributed by atoms with Crippen molar-refractivity contribution in [2.45, 2.75) is 0 Å². The molecule has 1 heterocycles. The standard InChI is InChI=1S/C11H14N2O6S/c1-13(20(4,16)17)7-5-8(10(14)18-2)12-9(6-7)11(15)19-3/h5-6H,1-4H3. The van der Waals surface area contributed by atoms with Gasteiger partial charge in [0.1, 0.15) is 0 Å². The molecule has 0 aromatic carbocycles. The van der Waals surface area contributed by atoms with E-state index in [1.165, 1.54) is 19.2 Å². The van der Waals surface area contributed by atoms with Gasteiger partial charge in [0.15, 0.2) is 11.4 Å². The Balaban J connectivity index is 3.45. The molecule has 20 heavy (non-hydrogen) atoms. The van der Waals surface area contributed by atoms with Crippen LogP contribution in [-0.4, -0.2) is 52.9 Å². The first-order valence-electron chi connectivity index (χ1n) is 5.33. The molecule has 1 rings (SSSR count). The highest BCUT2D eigenvalue weighted by Crippen LogP contribution is 2.19. The molecule has 0 saturated heterocycles. The van der Waals surface area contributed by atoms with Crippen LogP contribution < -0.4 is 4.31 Å². The summed E-state index contributed by atoms with van der Waals surface area (Å²) in [6.07, 6.45) is 0.989. The number of anilines is 1. The number of nitrogens with zero attached hydrogens (tertiary/aromatic N) is 2. The third-order valence-corrected chi connectivity index (χ3v) is 3.67. The molecule has 0 radical (unpaired) electrons. The third-order valence-electron chi connectivity index (χ3n) is 2.46. The topological polar surface area (TPSA) is 103 Å². The molecule has 0 atom stereocenters. The van der Waals surface area contributed by atoms with Crippen molar-refractivity contribution in [3.05, 3.63) is 23.5 Å². The number of carbonyl (C=O) groups excluding carboxylic acids is 2. The van der Waals surface area contributed by atoms with E-state index >= 15 is 0 Å². The minimum Gasteiger partial charge on any atom is -0.464 e. The summed E-state index contributed by atoms with van der Waals surface area (Å²) >= 11 is 0. The zero-order valence-corrected chi connectivity index (χ0v) is 12.2. The maximum Gasteiger partial charge on any atom is 0.356 e. The average Bonchev–Trinajstić information content (AvgIpc) is 2.43. The van der Waals surface area contributed by atoms with Crippen LogP contribution in [0.5, 0.6) is 0 Å². The lowest BCUT2D eigenvalue weighted by atomic mass is 10.2. The molecule has 0 aliphatic heterocycles. The number of hydrogen-bond donors (Lipinski definition) is 0. The highest BCUT2D eigenvalue weighted by atomic mass is 32.2. The number of rotatable bonds is 4. The Labute approximate surface area is 116 Å². The summed E-state index contributed by atoms with van der Waals surface area (Å²) < 4.78 is 32.9. The van der Waals surface area contributed by atoms with Crippen LogP contribution in [0.3, 0.4) is 0 Å². The lowest BCUT2D eigenvalue weighted by Gasteiger charge is -2.17. The molecule has 0 spiro atoms. The number of sulfonamides is 1. The first-order valence-corrected chi connectivity index (χ1v) is 7.18. The Morgan fingerprint density at radius 2 is 1.50 bits per heavy atom. The molecule has 0 bridgehead atoms. The molecule has 0 aliphatic rings. The number of ether oxygens (including phenoxy) is 2. The SMILES string of the molecule is COC(=O)c1cc(N(C)S(C)(=O)=O)cc(C(=O)OC)n1. The first kappa shape index (κ1) is 15.9. The second kappa shape index (κ2) is 5.87. The highest BCUT2D eigenvalue weighted by Gasteiger charge is 2.20. The van der Waals surface area contributed by atoms with Gasteiger partial charge in [0, 0.05) is 7.05 Å². The van der Waals surface area contributed by atoms with Crippen LogP contribution >= 0.6 is 0 Å². The largest absolute Gasteiger partial charge is 0.464 e. The molecule has 8 nitrogen and oxygen atoms in total. The van der Waals surface area contributed by atoms with Gasteiger partial charge in [-0.25, -0.2) is 23.0 Å². The third kappa shape index (κ3) is 3.44. The van der Waals surface area contributed by atoms with E-state index in [-0.39, 0.29) is 17.1 Å². The van der Waals surface area contributed by atoms with Crippen molar-refractivity contribution in [3.63, 3.8) is 0 Å². The molecule has 9 heteroatoms. The molecule has 1 aromatic rings. The van der Waals surface area contributed by atoms with E-state index in [2.05, 4.69) is 14.5 Å². The van der Waals surface area contributed by atoms with Gasteiger partial charge in [-0.1, -0.05) is 0 Å². The van der Waals surface area contributed by atoms with Crippen LogP contribution in [0, 0.1) is 0 Å². The van der Waals surface area contributed by atoms with E-state index in [4.69, 9.17) is 0 Å². The minimum absolute atomic E-state index is 0.100. The van der Waals surface area contributed by atoms with Gasteiger partial charge in [0.25, 0.3) is 0 Å². The summed E-state index contributed by atoms with van der Waals surface area (Å²) in [5.74, 6) is -1.59. The predicted molar refractivity (Wildman–Crippen MR) is 70.2 cm³/mol. The van der Waals surface area contributed by atoms with E-state index in [0.717, 1.165) is 24.8 Å². The van der Waals surface area contributed by atoms with Crippen molar-refractivity contribution in [2.75, 3.05) is 31.8 Å². The van der Waals surface area contributed by atoms with Crippen LogP contribution in [0.4, 0.5) is 5.69 Å². The van der Waals surface area contributed by atoms with Gasteiger partial charge in [-0.15, -0.1) is 0 Å². The lowest BCUT2D eigenvalue weighted by molar-refractivity contribution is 0.0586. The molecule has 0 N–H and O–H groups in total. The maximum atomic E-state index is 11.5. The number of esters is 2. The zero-order valence-electron chi connectivity index (χ0n) is 11.4. The number of pyridine rings is 1. The predicted octanol–water partition coefficient (Wildman–Crippen LogP) is 0.0506. The van der Waals surface area contributed by atoms with Gasteiger partial charge < -0.3 is 9.47 Å². The highest BCUT2D eigenvalue weighted by molar-refractivity contribution is 7.92. The van der Waals surface area contributed by atoms with E-state index in [1.807, 2.05) is 0 Å². The van der Waals surface area contributed by atoms with Crippen molar-refractivity contribution >= 4 is 27.6 Å². The van der Waals surface area contributed by atoms with Crippen molar-refractivity contribution in [2.24, 2.45) is 0 Å². The molecule has 0 aliphatic carbocycles. The molecule has 0 saturated carbocycles. The summed E-state index contributed by atoms with van der Waals surface area (Å²) in [6, 6.07) is 2.42. The fraction of sp³-hybridized carbons (Fsp3) is 0.364. The van der Waals surface area contributed by atoms with E-state index in [1.54, 1.807) is 0 Å². The van der Waals surface area contributed by atoms with Gasteiger partial charge in [0.05, 0.1) is 26.2 Å². The van der Waals surface area contributed by atoms with Gasteiger partial charge in [-0.2, -0.15) is 0 Å². The van der Waals surface area contributed by atoms with Crippen molar-refractivity contribution in [1.29, 1.82) is 0 Å². The minimum atomic E-state index is -3.55. The number of methoxy groups -OCH3 is 2. The van der Waals surface area contributed by atoms with Crippen LogP contribution in [-0.2, 0) is 19.5 Å². The molecular weight excluding hydrogens is 288 g/mol. The molecule has 110 valence electrons. The number of carbonyl (C=O) groups is 2. The van der Waals surface area contributed by atoms with E-state index in [9.17, 15) is 18.0 Å². The number of aromatic nitrogens is 1. The molecule has 0 amide bonds. The molecule has 0 fully saturated rings. The van der Waals surface area contributed by atoms with E-state index < -0.39 is 22.0 Å². The van der Waals surface area contributed by atoms with Crippen LogP contribution in [0.2, 0.25) is 0 Å². The molecule has 1 aromatic heterocycles. The Morgan fingerprint density at radius 3 is 1.80 bits per heavy atom. The number of hydrogen-bond acceptors (Lipinski definition) is 7. The molecule has 0 unspecified atom stereocenters. The van der Waals surface area contributed by atoms with Gasteiger partial charge in [0.2, 0.25) is 10.0 Å². The van der Waals surface area contributed by atoms with Crippen molar-refractivity contribution in [1.82, 2.24) is 4.98 Å². The quantitative estimate of drug-likeness (QED) is 0.724. The van der Waals surface area contributed by atoms with Crippen LogP contribution in [0.1, 0.15) is 21.0 Å². The zero-order chi connectivity index (χ0) is 15.5. The van der Waals surface area contributed by atoms with Crippen LogP contribution in [0.15, 0.2) is 12.1 Å². The summed E-state index contributed by atoms with van der Waals surface area (Å²) in [7, 11) is 0.0268. The fourth-order valence-electron chi connectivity index (χ4n) is 1.31. The van der Waals surface area contributed by atoms with Crippen molar-refractivity contribution in [3.8, 4) is 0 Å². The normalized spacial score (nSPS) is 10.8. The Morgan fingerprint density at radius 1 is 1.10 bits per heavy atom. The summed E-state index contributed by atoms with van der Waals surface area (Å²) in [5.41, 5.74) is -0.287. The van der Waals surface area contributed by atoms with Crippen LogP contribution in [0.25, 0.3) is 0 Å². The summed E-state index contributed by atoms with van der Waals surface area (Å²) in [6.45, 7) is 0. The first-order chi connectivity index (χ1) is 9.20. The summed E-state index contributed by atoms with van der Waals surface area (Å²) in [4.78, 5) is 26.8. The smallest absolute Gasteiger partial charge is 0.356 e. The van der Waals surface area contributed by atoms with E-state index in [0.29, 0.717) is 0 Å².